The number of nitrogens with one attached hydrogen (secondary N) is 2. The van der Waals surface area contributed by atoms with Gasteiger partial charge in [-0.25, -0.2) is 26.7 Å². The van der Waals surface area contributed by atoms with Crippen LogP contribution < -0.4 is 20.1 Å². The van der Waals surface area contributed by atoms with Gasteiger partial charge in [-0.1, -0.05) is 0 Å². The van der Waals surface area contributed by atoms with Gasteiger partial charge >= 0.3 is 11.7 Å². The molecule has 0 spiro atoms. The molecule has 2 aromatic rings. The summed E-state index contributed by atoms with van der Waals surface area (Å²) in [5, 5.41) is 14.1. The molecule has 0 fully saturated rings. The summed E-state index contributed by atoms with van der Waals surface area (Å²) in [5.74, 6) is -14.2. The molecule has 0 aliphatic heterocycles. The van der Waals surface area contributed by atoms with E-state index in [1.54, 1.807) is 0 Å². The maximum atomic E-state index is 13.7. The number of urea groups is 1. The minimum Gasteiger partial charge on any atom is -0.495 e. The maximum absolute atomic E-state index is 13.7. The summed E-state index contributed by atoms with van der Waals surface area (Å²) in [4.78, 5) is 34.8. The van der Waals surface area contributed by atoms with E-state index in [2.05, 4.69) is 15.9 Å². The van der Waals surface area contributed by atoms with E-state index >= 15 is 0 Å². The van der Waals surface area contributed by atoms with Crippen LogP contribution in [0.2, 0.25) is 0 Å². The SMILES string of the molecule is COc1c(Br)cc([N+](=O)[O-])c(OC)c1C(=O)NC(=O)Nc1c(F)c(F)c(F)c(F)c1F. The molecule has 0 saturated heterocycles. The number of nitro groups is 1. The molecule has 0 unspecified atom stereocenters. The largest absolute Gasteiger partial charge is 0.495 e. The molecule has 2 N–H and O–H groups in total. The Bertz CT molecular complexity index is 1090. The van der Waals surface area contributed by atoms with Crippen LogP contribution in [0, 0.1) is 39.2 Å². The third-order valence-corrected chi connectivity index (χ3v) is 4.26. The Morgan fingerprint density at radius 3 is 1.90 bits per heavy atom. The fraction of sp³-hybridized carbons (Fsp3) is 0.125. The summed E-state index contributed by atoms with van der Waals surface area (Å²) >= 11 is 2.94. The van der Waals surface area contributed by atoms with Crippen molar-refractivity contribution in [1.29, 1.82) is 0 Å². The molecule has 3 amide bonds. The van der Waals surface area contributed by atoms with E-state index in [0.717, 1.165) is 20.3 Å². The lowest BCUT2D eigenvalue weighted by Gasteiger charge is -2.15. The maximum Gasteiger partial charge on any atom is 0.326 e. The number of amides is 3. The fourth-order valence-electron chi connectivity index (χ4n) is 2.37. The van der Waals surface area contributed by atoms with Gasteiger partial charge in [0.15, 0.2) is 23.3 Å². The Kier molecular flexibility index (Phi) is 6.99. The zero-order valence-electron chi connectivity index (χ0n) is 15.2. The van der Waals surface area contributed by atoms with Gasteiger partial charge in [0, 0.05) is 6.07 Å². The van der Waals surface area contributed by atoms with Crippen LogP contribution in [0.15, 0.2) is 10.5 Å². The molecule has 0 heterocycles. The highest BCUT2D eigenvalue weighted by atomic mass is 79.9. The van der Waals surface area contributed by atoms with Crippen LogP contribution in [0.25, 0.3) is 0 Å². The van der Waals surface area contributed by atoms with Crippen LogP contribution in [0.3, 0.4) is 0 Å². The monoisotopic (exact) mass is 513 g/mol. The normalized spacial score (nSPS) is 10.5. The van der Waals surface area contributed by atoms with Crippen molar-refractivity contribution in [3.8, 4) is 11.5 Å². The number of imide groups is 1. The van der Waals surface area contributed by atoms with E-state index in [9.17, 15) is 41.7 Å². The van der Waals surface area contributed by atoms with Crippen molar-refractivity contribution in [3.05, 3.63) is 55.3 Å². The van der Waals surface area contributed by atoms with E-state index in [1.807, 2.05) is 0 Å². The quantitative estimate of drug-likeness (QED) is 0.205. The second-order valence-corrected chi connectivity index (χ2v) is 6.28. The molecular weight excluding hydrogens is 505 g/mol. The predicted molar refractivity (Wildman–Crippen MR) is 96.6 cm³/mol. The first kappa shape index (κ1) is 23.8. The minimum absolute atomic E-state index is 0.0900. The molecule has 0 bridgehead atoms. The average Bonchev–Trinajstić information content (AvgIpc) is 2.72. The zero-order valence-corrected chi connectivity index (χ0v) is 16.8. The number of benzene rings is 2. The topological polar surface area (TPSA) is 120 Å². The van der Waals surface area contributed by atoms with Crippen LogP contribution in [-0.4, -0.2) is 31.1 Å². The van der Waals surface area contributed by atoms with Crippen molar-refractivity contribution in [1.82, 2.24) is 5.32 Å². The molecule has 9 nitrogen and oxygen atoms in total. The summed E-state index contributed by atoms with van der Waals surface area (Å²) in [6.45, 7) is 0. The molecule has 0 saturated carbocycles. The number of nitro benzene ring substituents is 1. The molecule has 0 aliphatic rings. The van der Waals surface area contributed by atoms with Crippen molar-refractivity contribution in [2.24, 2.45) is 0 Å². The number of carbonyl (C=O) groups excluding carboxylic acids is 2. The number of hydrogen-bond acceptors (Lipinski definition) is 6. The molecule has 2 aromatic carbocycles. The highest BCUT2D eigenvalue weighted by Gasteiger charge is 2.32. The van der Waals surface area contributed by atoms with E-state index < -0.39 is 68.6 Å². The second kappa shape index (κ2) is 9.11. The molecule has 0 aliphatic carbocycles. The summed E-state index contributed by atoms with van der Waals surface area (Å²) in [5.41, 5.74) is -3.10. The van der Waals surface area contributed by atoms with E-state index in [1.165, 1.54) is 10.6 Å². The Hall–Kier alpha value is -3.49. The first-order valence-electron chi connectivity index (χ1n) is 7.68. The summed E-state index contributed by atoms with van der Waals surface area (Å²) in [6, 6.07) is -0.775. The first-order chi connectivity index (χ1) is 14.5. The van der Waals surface area contributed by atoms with Crippen molar-refractivity contribution in [2.45, 2.75) is 0 Å². The molecule has 31 heavy (non-hydrogen) atoms. The number of rotatable bonds is 5. The molecule has 0 radical (unpaired) electrons. The van der Waals surface area contributed by atoms with Crippen molar-refractivity contribution in [2.75, 3.05) is 19.5 Å². The second-order valence-electron chi connectivity index (χ2n) is 5.43. The number of hydrogen-bond donors (Lipinski definition) is 2. The third kappa shape index (κ3) is 4.35. The van der Waals surface area contributed by atoms with Gasteiger partial charge in [-0.05, 0) is 15.9 Å². The van der Waals surface area contributed by atoms with Crippen molar-refractivity contribution >= 4 is 39.2 Å². The van der Waals surface area contributed by atoms with Crippen molar-refractivity contribution < 1.29 is 45.9 Å². The molecule has 0 aromatic heterocycles. The number of anilines is 1. The lowest BCUT2D eigenvalue weighted by molar-refractivity contribution is -0.385. The van der Waals surface area contributed by atoms with Gasteiger partial charge in [-0.15, -0.1) is 0 Å². The van der Waals surface area contributed by atoms with Crippen LogP contribution in [-0.2, 0) is 0 Å². The number of carbonyl (C=O) groups is 2. The number of ether oxygens (including phenoxy) is 2. The van der Waals surface area contributed by atoms with Gasteiger partial charge in [0.2, 0.25) is 11.6 Å². The smallest absolute Gasteiger partial charge is 0.326 e. The molecule has 15 heteroatoms. The van der Waals surface area contributed by atoms with Gasteiger partial charge in [0.25, 0.3) is 5.91 Å². The fourth-order valence-corrected chi connectivity index (χ4v) is 2.95. The van der Waals surface area contributed by atoms with Crippen LogP contribution >= 0.6 is 15.9 Å². The van der Waals surface area contributed by atoms with Gasteiger partial charge < -0.3 is 14.8 Å². The standard InChI is InChI=1S/C16H9BrF5N3O6/c1-30-13-4(17)3-5(25(28)29)14(31-2)6(13)15(26)24-16(27)23-12-10(21)8(19)7(18)9(20)11(12)22/h3H,1-2H3,(H2,23,24,26,27). The lowest BCUT2D eigenvalue weighted by atomic mass is 10.1. The molecule has 0 atom stereocenters. The van der Waals surface area contributed by atoms with Crippen LogP contribution in [0.1, 0.15) is 10.4 Å². The Morgan fingerprint density at radius 2 is 1.45 bits per heavy atom. The van der Waals surface area contributed by atoms with E-state index in [4.69, 9.17) is 9.47 Å². The van der Waals surface area contributed by atoms with Crippen LogP contribution in [0.5, 0.6) is 11.5 Å². The first-order valence-corrected chi connectivity index (χ1v) is 8.48. The Balaban J connectivity index is 2.45. The van der Waals surface area contributed by atoms with Crippen molar-refractivity contribution in [3.63, 3.8) is 0 Å². The molecule has 166 valence electrons. The zero-order chi connectivity index (χ0) is 23.6. The highest BCUT2D eigenvalue weighted by molar-refractivity contribution is 9.10. The average molecular weight is 514 g/mol. The van der Waals surface area contributed by atoms with Crippen LogP contribution in [0.4, 0.5) is 38.1 Å². The number of methoxy groups -OCH3 is 2. The Morgan fingerprint density at radius 1 is 0.968 bits per heavy atom. The van der Waals surface area contributed by atoms with Gasteiger partial charge in [0.1, 0.15) is 17.0 Å². The van der Waals surface area contributed by atoms with Gasteiger partial charge in [-0.2, -0.15) is 0 Å². The third-order valence-electron chi connectivity index (χ3n) is 3.67. The summed E-state index contributed by atoms with van der Waals surface area (Å²) < 4.78 is 76.6. The summed E-state index contributed by atoms with van der Waals surface area (Å²) in [7, 11) is 2.05. The number of nitrogens with zero attached hydrogens (tertiary/aromatic N) is 1. The van der Waals surface area contributed by atoms with E-state index in [-0.39, 0.29) is 10.2 Å². The molecule has 2 rings (SSSR count). The predicted octanol–water partition coefficient (Wildman–Crippen LogP) is 4.03. The summed E-state index contributed by atoms with van der Waals surface area (Å²) in [6.07, 6.45) is 0. The van der Waals surface area contributed by atoms with E-state index in [0.29, 0.717) is 0 Å². The van der Waals surface area contributed by atoms with Gasteiger partial charge in [-0.3, -0.25) is 20.2 Å². The number of halogens is 6. The Labute approximate surface area is 177 Å². The minimum atomic E-state index is -2.45. The lowest BCUT2D eigenvalue weighted by Crippen LogP contribution is -2.35. The highest BCUT2D eigenvalue weighted by Crippen LogP contribution is 2.42. The molecular formula is C16H9BrF5N3O6. The van der Waals surface area contributed by atoms with Gasteiger partial charge in [0.05, 0.1) is 23.6 Å².